The minimum absolute atomic E-state index is 0.0149. The Morgan fingerprint density at radius 2 is 1.87 bits per heavy atom. The summed E-state index contributed by atoms with van der Waals surface area (Å²) in [6.07, 6.45) is 5.32. The third-order valence-electron chi connectivity index (χ3n) is 7.52. The van der Waals surface area contributed by atoms with Crippen LogP contribution in [0.25, 0.3) is 22.2 Å². The van der Waals surface area contributed by atoms with Crippen molar-refractivity contribution in [2.45, 2.75) is 45.6 Å². The van der Waals surface area contributed by atoms with Crippen LogP contribution in [0.1, 0.15) is 48.5 Å². The van der Waals surface area contributed by atoms with Crippen LogP contribution in [-0.2, 0) is 0 Å². The van der Waals surface area contributed by atoms with E-state index in [9.17, 15) is 4.79 Å². The molecule has 0 aliphatic heterocycles. The Labute approximate surface area is 184 Å². The fraction of sp³-hybridized carbons (Fsp3) is 0.407. The molecule has 5 rings (SSSR count). The number of fused-ring (bicyclic) bond motifs is 3. The van der Waals surface area contributed by atoms with Crippen molar-refractivity contribution in [3.8, 4) is 17.0 Å². The van der Waals surface area contributed by atoms with Gasteiger partial charge in [0, 0.05) is 17.0 Å². The summed E-state index contributed by atoms with van der Waals surface area (Å²) in [4.78, 5) is 18.5. The fourth-order valence-corrected chi connectivity index (χ4v) is 5.92. The van der Waals surface area contributed by atoms with Crippen LogP contribution in [0, 0.1) is 24.7 Å². The molecule has 0 radical (unpaired) electrons. The van der Waals surface area contributed by atoms with Crippen LogP contribution in [0.2, 0.25) is 0 Å². The maximum atomic E-state index is 13.6. The van der Waals surface area contributed by atoms with Gasteiger partial charge < -0.3 is 10.1 Å². The van der Waals surface area contributed by atoms with Crippen LogP contribution in [0.5, 0.6) is 5.75 Å². The van der Waals surface area contributed by atoms with Crippen LogP contribution in [0.4, 0.5) is 0 Å². The molecule has 4 heteroatoms. The number of nitrogens with zero attached hydrogens (tertiary/aromatic N) is 1. The number of hydrogen-bond donors (Lipinski definition) is 1. The number of benzene rings is 2. The fourth-order valence-electron chi connectivity index (χ4n) is 5.92. The predicted octanol–water partition coefficient (Wildman–Crippen LogP) is 5.77. The molecule has 2 aromatic carbocycles. The quantitative estimate of drug-likeness (QED) is 0.576. The largest absolute Gasteiger partial charge is 0.497 e. The molecule has 31 heavy (non-hydrogen) atoms. The number of pyridine rings is 1. The monoisotopic (exact) mass is 414 g/mol. The van der Waals surface area contributed by atoms with Crippen LogP contribution in [-0.4, -0.2) is 24.0 Å². The smallest absolute Gasteiger partial charge is 0.252 e. The van der Waals surface area contributed by atoms with Gasteiger partial charge in [-0.05, 0) is 86.8 Å². The van der Waals surface area contributed by atoms with Crippen LogP contribution >= 0.6 is 0 Å². The van der Waals surface area contributed by atoms with Gasteiger partial charge in [0.05, 0.1) is 23.9 Å². The molecular formula is C27H30N2O2. The van der Waals surface area contributed by atoms with Gasteiger partial charge >= 0.3 is 0 Å². The molecule has 2 saturated carbocycles. The lowest BCUT2D eigenvalue weighted by molar-refractivity contribution is 0.0916. The molecule has 4 unspecified atom stereocenters. The van der Waals surface area contributed by atoms with E-state index in [0.717, 1.165) is 50.9 Å². The minimum atomic E-state index is 0.0149. The lowest BCUT2D eigenvalue weighted by atomic mass is 9.84. The Balaban J connectivity index is 1.52. The molecule has 0 saturated heterocycles. The molecule has 1 amide bonds. The molecule has 4 atom stereocenters. The average molecular weight is 415 g/mol. The Bertz CT molecular complexity index is 1120. The van der Waals surface area contributed by atoms with Gasteiger partial charge in [-0.2, -0.15) is 0 Å². The number of carbonyl (C=O) groups excluding carboxylic acids is 1. The highest BCUT2D eigenvalue weighted by atomic mass is 16.5. The van der Waals surface area contributed by atoms with Crippen LogP contribution < -0.4 is 10.1 Å². The molecule has 1 heterocycles. The summed E-state index contributed by atoms with van der Waals surface area (Å²) in [6.45, 7) is 4.20. The van der Waals surface area contributed by atoms with E-state index in [1.165, 1.54) is 25.7 Å². The molecule has 1 N–H and O–H groups in total. The molecule has 3 aromatic rings. The van der Waals surface area contributed by atoms with E-state index in [2.05, 4.69) is 12.2 Å². The van der Waals surface area contributed by atoms with Gasteiger partial charge in [0.25, 0.3) is 5.91 Å². The number of aromatic nitrogens is 1. The van der Waals surface area contributed by atoms with Crippen molar-refractivity contribution in [2.75, 3.05) is 7.11 Å². The number of amides is 1. The lowest BCUT2D eigenvalue weighted by Gasteiger charge is -2.29. The second-order valence-electron chi connectivity index (χ2n) is 9.31. The SMILES string of the molecule is COc1ccc(-c2nc3ccccc3c(C(=O)NC(C)C3CC4CCC3C4)c2C)cc1. The van der Waals surface area contributed by atoms with Crippen molar-refractivity contribution in [3.05, 3.63) is 59.7 Å². The van der Waals surface area contributed by atoms with Crippen LogP contribution in [0.15, 0.2) is 48.5 Å². The van der Waals surface area contributed by atoms with E-state index < -0.39 is 0 Å². The van der Waals surface area contributed by atoms with Crippen molar-refractivity contribution in [1.29, 1.82) is 0 Å². The number of para-hydroxylation sites is 1. The highest BCUT2D eigenvalue weighted by Crippen LogP contribution is 2.49. The molecular weight excluding hydrogens is 384 g/mol. The third kappa shape index (κ3) is 3.58. The topological polar surface area (TPSA) is 51.2 Å². The predicted molar refractivity (Wildman–Crippen MR) is 124 cm³/mol. The Hall–Kier alpha value is -2.88. The first-order chi connectivity index (χ1) is 15.0. The van der Waals surface area contributed by atoms with Crippen molar-refractivity contribution in [2.24, 2.45) is 17.8 Å². The maximum Gasteiger partial charge on any atom is 0.252 e. The molecule has 2 aliphatic rings. The molecule has 160 valence electrons. The van der Waals surface area contributed by atoms with E-state index in [1.807, 2.05) is 55.5 Å². The zero-order valence-corrected chi connectivity index (χ0v) is 18.5. The highest BCUT2D eigenvalue weighted by Gasteiger charge is 2.42. The lowest BCUT2D eigenvalue weighted by Crippen LogP contribution is -2.40. The van der Waals surface area contributed by atoms with E-state index >= 15 is 0 Å². The molecule has 4 nitrogen and oxygen atoms in total. The van der Waals surface area contributed by atoms with Gasteiger partial charge in [0.1, 0.15) is 5.75 Å². The normalized spacial score (nSPS) is 23.1. The Morgan fingerprint density at radius 1 is 1.10 bits per heavy atom. The Morgan fingerprint density at radius 3 is 2.55 bits per heavy atom. The number of hydrogen-bond acceptors (Lipinski definition) is 3. The van der Waals surface area contributed by atoms with Crippen LogP contribution in [0.3, 0.4) is 0 Å². The summed E-state index contributed by atoms with van der Waals surface area (Å²) in [5, 5.41) is 4.28. The van der Waals surface area contributed by atoms with E-state index in [4.69, 9.17) is 9.72 Å². The molecule has 0 spiro atoms. The first-order valence-corrected chi connectivity index (χ1v) is 11.4. The van der Waals surface area contributed by atoms with Gasteiger partial charge in [0.2, 0.25) is 0 Å². The molecule has 2 fully saturated rings. The van der Waals surface area contributed by atoms with Crippen molar-refractivity contribution in [1.82, 2.24) is 10.3 Å². The summed E-state index contributed by atoms with van der Waals surface area (Å²) in [6, 6.07) is 16.0. The zero-order chi connectivity index (χ0) is 21.5. The Kier molecular flexibility index (Phi) is 5.17. The summed E-state index contributed by atoms with van der Waals surface area (Å²) >= 11 is 0. The molecule has 2 bridgehead atoms. The van der Waals surface area contributed by atoms with E-state index in [0.29, 0.717) is 5.92 Å². The summed E-state index contributed by atoms with van der Waals surface area (Å²) < 4.78 is 5.30. The van der Waals surface area contributed by atoms with Gasteiger partial charge in [-0.1, -0.05) is 24.6 Å². The average Bonchev–Trinajstić information content (AvgIpc) is 3.42. The second-order valence-corrected chi connectivity index (χ2v) is 9.31. The molecule has 1 aromatic heterocycles. The van der Waals surface area contributed by atoms with Gasteiger partial charge in [0.15, 0.2) is 0 Å². The first kappa shape index (κ1) is 20.0. The second kappa shape index (κ2) is 7.99. The third-order valence-corrected chi connectivity index (χ3v) is 7.52. The molecule has 2 aliphatic carbocycles. The number of methoxy groups -OCH3 is 1. The van der Waals surface area contributed by atoms with Gasteiger partial charge in [-0.3, -0.25) is 4.79 Å². The summed E-state index contributed by atoms with van der Waals surface area (Å²) in [7, 11) is 1.66. The maximum absolute atomic E-state index is 13.6. The van der Waals surface area contributed by atoms with Gasteiger partial charge in [-0.25, -0.2) is 4.98 Å². The number of carbonyl (C=O) groups is 1. The zero-order valence-electron chi connectivity index (χ0n) is 18.5. The van der Waals surface area contributed by atoms with Crippen molar-refractivity contribution in [3.63, 3.8) is 0 Å². The van der Waals surface area contributed by atoms with Crippen molar-refractivity contribution < 1.29 is 9.53 Å². The van der Waals surface area contributed by atoms with Gasteiger partial charge in [-0.15, -0.1) is 0 Å². The number of ether oxygens (including phenoxy) is 1. The minimum Gasteiger partial charge on any atom is -0.497 e. The number of nitrogens with one attached hydrogen (secondary N) is 1. The van der Waals surface area contributed by atoms with Crippen molar-refractivity contribution >= 4 is 16.8 Å². The first-order valence-electron chi connectivity index (χ1n) is 11.4. The van der Waals surface area contributed by atoms with E-state index in [1.54, 1.807) is 7.11 Å². The standard InChI is InChI=1S/C27H30N2O2/c1-16-25(27(30)28-17(2)23-15-18-8-9-20(23)14-18)22-6-4-5-7-24(22)29-26(16)19-10-12-21(31-3)13-11-19/h4-7,10-13,17-18,20,23H,8-9,14-15H2,1-3H3,(H,28,30). The highest BCUT2D eigenvalue weighted by molar-refractivity contribution is 6.09. The number of rotatable bonds is 5. The summed E-state index contributed by atoms with van der Waals surface area (Å²) in [5.41, 5.74) is 4.34. The van der Waals surface area contributed by atoms with E-state index in [-0.39, 0.29) is 11.9 Å². The summed E-state index contributed by atoms with van der Waals surface area (Å²) in [5.74, 6) is 3.09.